The number of hydrogen-bond donors (Lipinski definition) is 0. The van der Waals surface area contributed by atoms with E-state index in [1.807, 2.05) is 72.4 Å². The molecule has 0 aliphatic heterocycles. The van der Waals surface area contributed by atoms with Crippen molar-refractivity contribution in [1.29, 1.82) is 5.26 Å². The van der Waals surface area contributed by atoms with Crippen molar-refractivity contribution < 1.29 is 0 Å². The average Bonchev–Trinajstić information content (AvgIpc) is 3.51. The zero-order valence-electron chi connectivity index (χ0n) is 18.5. The van der Waals surface area contributed by atoms with Gasteiger partial charge in [-0.25, -0.2) is 9.67 Å². The zero-order chi connectivity index (χ0) is 22.4. The number of nitrogens with zero attached hydrogens (tertiary/aromatic N) is 7. The number of aromatic nitrogens is 6. The Balaban J connectivity index is 1.71. The zero-order valence-corrected chi connectivity index (χ0v) is 18.5. The van der Waals surface area contributed by atoms with E-state index in [4.69, 9.17) is 5.10 Å². The third-order valence-corrected chi connectivity index (χ3v) is 5.67. The molecule has 5 aromatic rings. The Hall–Kier alpha value is -4.18. The Kier molecular flexibility index (Phi) is 4.63. The number of imidazole rings is 1. The van der Waals surface area contributed by atoms with Crippen LogP contribution in [0.5, 0.6) is 0 Å². The van der Waals surface area contributed by atoms with Crippen molar-refractivity contribution in [3.05, 3.63) is 78.1 Å². The van der Waals surface area contributed by atoms with Crippen molar-refractivity contribution in [2.75, 3.05) is 0 Å². The van der Waals surface area contributed by atoms with Crippen molar-refractivity contribution >= 4 is 10.9 Å². The van der Waals surface area contributed by atoms with Crippen LogP contribution in [0.4, 0.5) is 0 Å². The van der Waals surface area contributed by atoms with Crippen molar-refractivity contribution in [2.24, 2.45) is 7.05 Å². The van der Waals surface area contributed by atoms with Crippen LogP contribution in [-0.2, 0) is 7.05 Å². The van der Waals surface area contributed by atoms with Gasteiger partial charge in [0.1, 0.15) is 0 Å². The second-order valence-corrected chi connectivity index (χ2v) is 8.30. The second-order valence-electron chi connectivity index (χ2n) is 8.30. The molecule has 0 bridgehead atoms. The molecule has 2 aromatic carbocycles. The first kappa shape index (κ1) is 19.8. The van der Waals surface area contributed by atoms with E-state index in [1.165, 1.54) is 0 Å². The SMILES string of the molecule is Cc1cc(C#N)ccc1-n1nc(C(C)C)c2c(-n3cnc(-c4cnn(C)c4)c3)cccc21. The molecule has 0 saturated carbocycles. The fourth-order valence-corrected chi connectivity index (χ4v) is 4.10. The molecule has 0 atom stereocenters. The largest absolute Gasteiger partial charge is 0.305 e. The van der Waals surface area contributed by atoms with Gasteiger partial charge in [-0.1, -0.05) is 19.9 Å². The molecule has 7 heteroatoms. The summed E-state index contributed by atoms with van der Waals surface area (Å²) >= 11 is 0. The smallest absolute Gasteiger partial charge is 0.0999 e. The van der Waals surface area contributed by atoms with Crippen LogP contribution in [-0.4, -0.2) is 29.1 Å². The number of benzene rings is 2. The monoisotopic (exact) mass is 421 g/mol. The van der Waals surface area contributed by atoms with Gasteiger partial charge in [0, 0.05) is 30.4 Å². The summed E-state index contributed by atoms with van der Waals surface area (Å²) in [6.07, 6.45) is 7.64. The predicted octanol–water partition coefficient (Wildman–Crippen LogP) is 4.92. The third-order valence-electron chi connectivity index (χ3n) is 5.67. The lowest BCUT2D eigenvalue weighted by Crippen LogP contribution is -2.00. The third kappa shape index (κ3) is 3.17. The van der Waals surface area contributed by atoms with Gasteiger partial charge in [0.25, 0.3) is 0 Å². The Labute approximate surface area is 186 Å². The number of fused-ring (bicyclic) bond motifs is 1. The summed E-state index contributed by atoms with van der Waals surface area (Å²) in [5.74, 6) is 0.236. The molecular weight excluding hydrogens is 398 g/mol. The highest BCUT2D eigenvalue weighted by Crippen LogP contribution is 2.33. The minimum absolute atomic E-state index is 0.236. The van der Waals surface area contributed by atoms with Crippen molar-refractivity contribution in [3.8, 4) is 28.7 Å². The van der Waals surface area contributed by atoms with Gasteiger partial charge in [-0.2, -0.15) is 15.5 Å². The molecule has 7 nitrogen and oxygen atoms in total. The summed E-state index contributed by atoms with van der Waals surface area (Å²) in [7, 11) is 1.90. The highest BCUT2D eigenvalue weighted by molar-refractivity contribution is 5.92. The summed E-state index contributed by atoms with van der Waals surface area (Å²) < 4.78 is 5.81. The van der Waals surface area contributed by atoms with Crippen LogP contribution in [0.2, 0.25) is 0 Å². The van der Waals surface area contributed by atoms with Gasteiger partial charge in [-0.15, -0.1) is 0 Å². The Morgan fingerprint density at radius 1 is 1.06 bits per heavy atom. The molecule has 3 heterocycles. The molecule has 158 valence electrons. The molecule has 3 aromatic heterocycles. The highest BCUT2D eigenvalue weighted by Gasteiger charge is 2.20. The van der Waals surface area contributed by atoms with E-state index in [0.717, 1.165) is 44.8 Å². The number of rotatable bonds is 4. The Morgan fingerprint density at radius 2 is 1.91 bits per heavy atom. The van der Waals surface area contributed by atoms with Gasteiger partial charge in [0.15, 0.2) is 0 Å². The summed E-state index contributed by atoms with van der Waals surface area (Å²) in [4.78, 5) is 4.61. The molecule has 0 saturated heterocycles. The van der Waals surface area contributed by atoms with E-state index < -0.39 is 0 Å². The Morgan fingerprint density at radius 3 is 2.59 bits per heavy atom. The predicted molar refractivity (Wildman–Crippen MR) is 124 cm³/mol. The Bertz CT molecular complexity index is 1490. The van der Waals surface area contributed by atoms with E-state index in [1.54, 1.807) is 4.68 Å². The molecule has 0 aliphatic carbocycles. The fraction of sp³-hybridized carbons (Fsp3) is 0.200. The maximum Gasteiger partial charge on any atom is 0.0999 e. The molecular formula is C25H23N7. The molecule has 0 amide bonds. The van der Waals surface area contributed by atoms with Gasteiger partial charge in [-0.05, 0) is 48.7 Å². The van der Waals surface area contributed by atoms with E-state index in [-0.39, 0.29) is 5.92 Å². The standard InChI is InChI=1S/C25H23N7/c1-16(2)25-24-22(31-14-20(27-15-31)19-12-28-30(4)13-19)6-5-7-23(24)32(29-25)21-9-8-18(11-26)10-17(21)3/h5-10,12-16H,1-4H3. The molecule has 0 spiro atoms. The van der Waals surface area contributed by atoms with Crippen LogP contribution in [0, 0.1) is 18.3 Å². The lowest BCUT2D eigenvalue weighted by Gasteiger charge is -2.09. The maximum absolute atomic E-state index is 9.23. The number of aryl methyl sites for hydroxylation is 2. The number of nitriles is 1. The van der Waals surface area contributed by atoms with Crippen molar-refractivity contribution in [1.82, 2.24) is 29.1 Å². The second kappa shape index (κ2) is 7.50. The van der Waals surface area contributed by atoms with Gasteiger partial charge in [0.2, 0.25) is 0 Å². The lowest BCUT2D eigenvalue weighted by atomic mass is 10.0. The molecule has 0 aliphatic rings. The molecule has 32 heavy (non-hydrogen) atoms. The number of hydrogen-bond acceptors (Lipinski definition) is 4. The van der Waals surface area contributed by atoms with E-state index in [9.17, 15) is 5.26 Å². The van der Waals surface area contributed by atoms with Crippen LogP contribution in [0.3, 0.4) is 0 Å². The molecule has 5 rings (SSSR count). The first-order valence-corrected chi connectivity index (χ1v) is 10.5. The minimum Gasteiger partial charge on any atom is -0.305 e. The molecule has 0 radical (unpaired) electrons. The maximum atomic E-state index is 9.23. The van der Waals surface area contributed by atoms with Crippen LogP contribution < -0.4 is 0 Å². The minimum atomic E-state index is 0.236. The van der Waals surface area contributed by atoms with E-state index >= 15 is 0 Å². The molecule has 0 fully saturated rings. The van der Waals surface area contributed by atoms with E-state index in [2.05, 4.69) is 42.1 Å². The van der Waals surface area contributed by atoms with Crippen LogP contribution in [0.1, 0.15) is 36.6 Å². The summed E-state index contributed by atoms with van der Waals surface area (Å²) in [6, 6.07) is 14.1. The van der Waals surface area contributed by atoms with Crippen molar-refractivity contribution in [3.63, 3.8) is 0 Å². The highest BCUT2D eigenvalue weighted by atomic mass is 15.3. The first-order chi connectivity index (χ1) is 15.5. The van der Waals surface area contributed by atoms with Gasteiger partial charge in [-0.3, -0.25) is 4.68 Å². The normalized spacial score (nSPS) is 11.4. The quantitative estimate of drug-likeness (QED) is 0.413. The molecule has 0 unspecified atom stereocenters. The van der Waals surface area contributed by atoms with Gasteiger partial charge < -0.3 is 4.57 Å². The van der Waals surface area contributed by atoms with Crippen LogP contribution >= 0.6 is 0 Å². The topological polar surface area (TPSA) is 77.2 Å². The first-order valence-electron chi connectivity index (χ1n) is 10.5. The molecule has 0 N–H and O–H groups in total. The van der Waals surface area contributed by atoms with Gasteiger partial charge in [0.05, 0.1) is 52.4 Å². The average molecular weight is 422 g/mol. The van der Waals surface area contributed by atoms with Crippen LogP contribution in [0.25, 0.3) is 33.5 Å². The van der Waals surface area contributed by atoms with Gasteiger partial charge >= 0.3 is 0 Å². The summed E-state index contributed by atoms with van der Waals surface area (Å²) in [5, 5.41) is 19.6. The summed E-state index contributed by atoms with van der Waals surface area (Å²) in [6.45, 7) is 6.33. The van der Waals surface area contributed by atoms with Crippen LogP contribution in [0.15, 0.2) is 61.3 Å². The van der Waals surface area contributed by atoms with Crippen molar-refractivity contribution in [2.45, 2.75) is 26.7 Å². The van der Waals surface area contributed by atoms with E-state index in [0.29, 0.717) is 5.56 Å². The lowest BCUT2D eigenvalue weighted by molar-refractivity contribution is 0.768. The fourth-order valence-electron chi connectivity index (χ4n) is 4.10. The summed E-state index contributed by atoms with van der Waals surface area (Å²) in [5.41, 5.74) is 7.56.